The van der Waals surface area contributed by atoms with Crippen molar-refractivity contribution in [3.63, 3.8) is 0 Å². The molecule has 0 aliphatic heterocycles. The standard InChI is InChI=1S/C28H47NO5/c1-6-8-13-29-26(32)17-23(31)16-22(30)11-12-24-20(5)9-10-21-14-18(3)15-25(27(21)24)34-28(33)19(4)7-2/h9-10,14,18-20,22-25,27,30-31H,6-8,11-13,15-17H2,1-5H3,(H,29,32)/t18?,19?,20-,22?,23+,24-,25?,27-/m0/s1. The van der Waals surface area contributed by atoms with Gasteiger partial charge in [-0.25, -0.2) is 0 Å². The molecule has 2 rings (SSSR count). The Morgan fingerprint density at radius 3 is 2.62 bits per heavy atom. The smallest absolute Gasteiger partial charge is 0.308 e. The van der Waals surface area contributed by atoms with Gasteiger partial charge in [0, 0.05) is 12.5 Å². The summed E-state index contributed by atoms with van der Waals surface area (Å²) in [7, 11) is 0. The number of carbonyl (C=O) groups excluding carboxylic acids is 2. The van der Waals surface area contributed by atoms with E-state index >= 15 is 0 Å². The second-order valence-corrected chi connectivity index (χ2v) is 10.6. The van der Waals surface area contributed by atoms with Crippen LogP contribution in [0.2, 0.25) is 0 Å². The average molecular weight is 478 g/mol. The Hall–Kier alpha value is -1.66. The Morgan fingerprint density at radius 1 is 1.21 bits per heavy atom. The van der Waals surface area contributed by atoms with Crippen molar-refractivity contribution in [2.45, 2.75) is 104 Å². The maximum absolute atomic E-state index is 12.6. The van der Waals surface area contributed by atoms with Crippen LogP contribution in [0, 0.1) is 29.6 Å². The number of aliphatic hydroxyl groups is 2. The number of hydrogen-bond acceptors (Lipinski definition) is 5. The second kappa shape index (κ2) is 14.0. The summed E-state index contributed by atoms with van der Waals surface area (Å²) < 4.78 is 6.06. The van der Waals surface area contributed by atoms with E-state index in [1.54, 1.807) is 0 Å². The van der Waals surface area contributed by atoms with E-state index in [1.807, 2.05) is 13.8 Å². The Morgan fingerprint density at radius 2 is 1.94 bits per heavy atom. The van der Waals surface area contributed by atoms with Gasteiger partial charge in [-0.05, 0) is 61.9 Å². The third-order valence-electron chi connectivity index (χ3n) is 7.53. The molecule has 0 saturated carbocycles. The van der Waals surface area contributed by atoms with Crippen molar-refractivity contribution >= 4 is 11.9 Å². The Bertz CT molecular complexity index is 718. The molecule has 3 N–H and O–H groups in total. The number of carbonyl (C=O) groups is 2. The first-order chi connectivity index (χ1) is 16.2. The maximum atomic E-state index is 12.6. The van der Waals surface area contributed by atoms with Crippen LogP contribution in [0.15, 0.2) is 23.8 Å². The summed E-state index contributed by atoms with van der Waals surface area (Å²) in [5.41, 5.74) is 1.24. The number of aliphatic hydroxyl groups excluding tert-OH is 2. The predicted molar refractivity (Wildman–Crippen MR) is 135 cm³/mol. The van der Waals surface area contributed by atoms with Crippen LogP contribution in [0.1, 0.15) is 86.0 Å². The fourth-order valence-corrected chi connectivity index (χ4v) is 5.24. The molecule has 6 heteroatoms. The first-order valence-corrected chi connectivity index (χ1v) is 13.4. The van der Waals surface area contributed by atoms with E-state index in [9.17, 15) is 19.8 Å². The highest BCUT2D eigenvalue weighted by Crippen LogP contribution is 2.45. The summed E-state index contributed by atoms with van der Waals surface area (Å²) >= 11 is 0. The number of unbranched alkanes of at least 4 members (excludes halogenated alkanes) is 1. The molecule has 0 aromatic heterocycles. The Labute approximate surface area is 206 Å². The average Bonchev–Trinajstić information content (AvgIpc) is 2.77. The number of ether oxygens (including phenoxy) is 1. The van der Waals surface area contributed by atoms with Crippen molar-refractivity contribution in [2.75, 3.05) is 6.54 Å². The number of amides is 1. The quantitative estimate of drug-likeness (QED) is 0.267. The summed E-state index contributed by atoms with van der Waals surface area (Å²) in [5.74, 6) is 0.639. The molecule has 34 heavy (non-hydrogen) atoms. The highest BCUT2D eigenvalue weighted by molar-refractivity contribution is 5.76. The molecule has 0 bridgehead atoms. The monoisotopic (exact) mass is 477 g/mol. The fraction of sp³-hybridized carbons (Fsp3) is 0.786. The fourth-order valence-electron chi connectivity index (χ4n) is 5.24. The van der Waals surface area contributed by atoms with Crippen LogP contribution in [0.25, 0.3) is 0 Å². The number of esters is 1. The minimum atomic E-state index is -0.851. The lowest BCUT2D eigenvalue weighted by molar-refractivity contribution is -0.158. The molecule has 1 amide bonds. The minimum absolute atomic E-state index is 0.0182. The summed E-state index contributed by atoms with van der Waals surface area (Å²) in [6.07, 6.45) is 10.1. The number of nitrogens with one attached hydrogen (secondary N) is 1. The van der Waals surface area contributed by atoms with E-state index in [2.05, 4.69) is 44.3 Å². The van der Waals surface area contributed by atoms with Crippen LogP contribution >= 0.6 is 0 Å². The summed E-state index contributed by atoms with van der Waals surface area (Å²) in [6.45, 7) is 10.9. The van der Waals surface area contributed by atoms with Crippen LogP contribution < -0.4 is 5.32 Å². The van der Waals surface area contributed by atoms with E-state index in [4.69, 9.17) is 4.74 Å². The molecular weight excluding hydrogens is 430 g/mol. The molecule has 6 nitrogen and oxygen atoms in total. The van der Waals surface area contributed by atoms with Gasteiger partial charge in [0.05, 0.1) is 24.5 Å². The third-order valence-corrected chi connectivity index (χ3v) is 7.53. The van der Waals surface area contributed by atoms with Gasteiger partial charge in [-0.15, -0.1) is 0 Å². The zero-order valence-corrected chi connectivity index (χ0v) is 21.8. The largest absolute Gasteiger partial charge is 0.461 e. The van der Waals surface area contributed by atoms with Gasteiger partial charge in [0.2, 0.25) is 5.91 Å². The number of fused-ring (bicyclic) bond motifs is 1. The lowest BCUT2D eigenvalue weighted by atomic mass is 9.65. The molecule has 2 aliphatic carbocycles. The van der Waals surface area contributed by atoms with E-state index in [0.717, 1.165) is 32.1 Å². The van der Waals surface area contributed by atoms with Crippen molar-refractivity contribution < 1.29 is 24.5 Å². The highest BCUT2D eigenvalue weighted by Gasteiger charge is 2.41. The van der Waals surface area contributed by atoms with Crippen LogP contribution in [0.3, 0.4) is 0 Å². The molecular formula is C28H47NO5. The van der Waals surface area contributed by atoms with Gasteiger partial charge >= 0.3 is 5.97 Å². The lowest BCUT2D eigenvalue weighted by Gasteiger charge is -2.43. The van der Waals surface area contributed by atoms with Crippen molar-refractivity contribution in [3.05, 3.63) is 23.8 Å². The summed E-state index contributed by atoms with van der Waals surface area (Å²) in [5, 5.41) is 23.7. The zero-order chi connectivity index (χ0) is 25.3. The molecule has 2 aliphatic rings. The van der Waals surface area contributed by atoms with Crippen molar-refractivity contribution in [1.29, 1.82) is 0 Å². The Kier molecular flexibility index (Phi) is 11.8. The molecule has 0 aromatic rings. The molecule has 0 radical (unpaired) electrons. The molecule has 194 valence electrons. The molecule has 0 saturated heterocycles. The molecule has 0 aromatic carbocycles. The first kappa shape index (κ1) is 28.6. The second-order valence-electron chi connectivity index (χ2n) is 10.6. The minimum Gasteiger partial charge on any atom is -0.461 e. The van der Waals surface area contributed by atoms with Crippen LogP contribution in [0.5, 0.6) is 0 Å². The van der Waals surface area contributed by atoms with Gasteiger partial charge in [-0.3, -0.25) is 9.59 Å². The topological polar surface area (TPSA) is 95.9 Å². The van der Waals surface area contributed by atoms with E-state index in [0.29, 0.717) is 24.8 Å². The number of hydrogen-bond donors (Lipinski definition) is 3. The van der Waals surface area contributed by atoms with Crippen molar-refractivity contribution in [2.24, 2.45) is 29.6 Å². The molecule has 0 fully saturated rings. The molecule has 8 atom stereocenters. The van der Waals surface area contributed by atoms with Crippen molar-refractivity contribution in [3.8, 4) is 0 Å². The van der Waals surface area contributed by atoms with Gasteiger partial charge in [-0.2, -0.15) is 0 Å². The van der Waals surface area contributed by atoms with E-state index in [1.165, 1.54) is 5.57 Å². The van der Waals surface area contributed by atoms with Crippen LogP contribution in [-0.2, 0) is 14.3 Å². The SMILES string of the molecule is CCCCNC(=O)C[C@H](O)CC(O)CC[C@@H]1[C@@H]2C(=CC(C)CC2OC(=O)C(C)CC)C=C[C@@H]1C. The molecule has 0 spiro atoms. The first-order valence-electron chi connectivity index (χ1n) is 13.4. The molecule has 4 unspecified atom stereocenters. The molecule has 0 heterocycles. The van der Waals surface area contributed by atoms with Gasteiger partial charge < -0.3 is 20.3 Å². The Balaban J connectivity index is 1.97. The van der Waals surface area contributed by atoms with E-state index < -0.39 is 12.2 Å². The maximum Gasteiger partial charge on any atom is 0.308 e. The summed E-state index contributed by atoms with van der Waals surface area (Å²) in [6, 6.07) is 0. The van der Waals surface area contributed by atoms with Gasteiger partial charge in [0.15, 0.2) is 0 Å². The zero-order valence-electron chi connectivity index (χ0n) is 21.8. The van der Waals surface area contributed by atoms with Crippen molar-refractivity contribution in [1.82, 2.24) is 5.32 Å². The van der Waals surface area contributed by atoms with Gasteiger partial charge in [0.1, 0.15) is 6.10 Å². The van der Waals surface area contributed by atoms with E-state index in [-0.39, 0.29) is 48.6 Å². The third kappa shape index (κ3) is 8.53. The normalized spacial score (nSPS) is 28.9. The van der Waals surface area contributed by atoms with Crippen LogP contribution in [-0.4, -0.2) is 46.9 Å². The highest BCUT2D eigenvalue weighted by atomic mass is 16.5. The predicted octanol–water partition coefficient (Wildman–Crippen LogP) is 4.55. The van der Waals surface area contributed by atoms with Crippen LogP contribution in [0.4, 0.5) is 0 Å². The summed E-state index contributed by atoms with van der Waals surface area (Å²) in [4.78, 5) is 24.5. The van der Waals surface area contributed by atoms with Gasteiger partial charge in [-0.1, -0.05) is 59.3 Å². The lowest BCUT2D eigenvalue weighted by Crippen LogP contribution is -2.41. The number of allylic oxidation sites excluding steroid dienone is 3. The van der Waals surface area contributed by atoms with Gasteiger partial charge in [0.25, 0.3) is 0 Å². The number of rotatable bonds is 13.